The molecule has 13 atom stereocenters. The number of aliphatic hydroxyl groups is 2. The molecule has 18 heteroatoms. The lowest BCUT2D eigenvalue weighted by molar-refractivity contribution is -0.223. The van der Waals surface area contributed by atoms with Gasteiger partial charge in [-0.3, -0.25) is 33.6 Å². The van der Waals surface area contributed by atoms with Crippen LogP contribution < -0.4 is 0 Å². The van der Waals surface area contributed by atoms with Gasteiger partial charge in [0.2, 0.25) is 6.10 Å². The number of esters is 8. The van der Waals surface area contributed by atoms with Gasteiger partial charge in [0, 0.05) is 25.2 Å². The monoisotopic (exact) mass is 1500 g/mol. The average molecular weight is 1500 g/mol. The molecule has 0 spiro atoms. The van der Waals surface area contributed by atoms with Crippen molar-refractivity contribution >= 4 is 47.8 Å². The van der Waals surface area contributed by atoms with E-state index >= 15 is 0 Å². The summed E-state index contributed by atoms with van der Waals surface area (Å²) in [7, 11) is 1.42. The van der Waals surface area contributed by atoms with E-state index in [9.17, 15) is 48.6 Å². The Balaban J connectivity index is 0.000000135. The summed E-state index contributed by atoms with van der Waals surface area (Å²) in [6, 6.07) is 0. The summed E-state index contributed by atoms with van der Waals surface area (Å²) in [6.07, 6.45) is 34.5. The lowest BCUT2D eigenvalue weighted by Gasteiger charge is -2.60. The molecule has 0 amide bonds. The number of methoxy groups -OCH3 is 1. The Labute approximate surface area is 643 Å². The molecule has 20 rings (SSSR count). The third-order valence-electron chi connectivity index (χ3n) is 31.1. The highest BCUT2D eigenvalue weighted by Crippen LogP contribution is 2.64. The smallest absolute Gasteiger partial charge is 0.347 e. The summed E-state index contributed by atoms with van der Waals surface area (Å²) >= 11 is 0. The maximum atomic E-state index is 12.3. The minimum absolute atomic E-state index is 0.0207. The third kappa shape index (κ3) is 19.0. The van der Waals surface area contributed by atoms with Crippen LogP contribution in [0.3, 0.4) is 0 Å². The third-order valence-corrected chi connectivity index (χ3v) is 31.1. The maximum Gasteiger partial charge on any atom is 0.347 e. The van der Waals surface area contributed by atoms with E-state index in [1.54, 1.807) is 13.8 Å². The second kappa shape index (κ2) is 34.2. The first-order valence-corrected chi connectivity index (χ1v) is 43.3. The lowest BCUT2D eigenvalue weighted by Crippen LogP contribution is -2.60. The summed E-state index contributed by atoms with van der Waals surface area (Å²) in [5.74, 6) is 10.3. The molecule has 608 valence electrons. The molecule has 0 aromatic rings. The fraction of sp³-hybridized carbons (Fsp3) is 0.910. The molecule has 2 heterocycles. The molecule has 18 bridgehead atoms. The van der Waals surface area contributed by atoms with E-state index in [1.807, 2.05) is 69.2 Å². The van der Waals surface area contributed by atoms with Crippen molar-refractivity contribution in [1.82, 2.24) is 0 Å². The summed E-state index contributed by atoms with van der Waals surface area (Å²) < 4.78 is 43.3. The van der Waals surface area contributed by atoms with Crippen LogP contribution in [-0.2, 0) is 76.3 Å². The van der Waals surface area contributed by atoms with Crippen molar-refractivity contribution in [3.05, 3.63) is 0 Å². The molecule has 18 nitrogen and oxygen atoms in total. The maximum absolute atomic E-state index is 12.3. The van der Waals surface area contributed by atoms with Gasteiger partial charge in [-0.25, -0.2) is 4.79 Å². The van der Waals surface area contributed by atoms with Crippen molar-refractivity contribution in [2.24, 2.45) is 129 Å². The number of ether oxygens (including phenoxy) is 8. The number of hydrogen-bond donors (Lipinski definition) is 2. The summed E-state index contributed by atoms with van der Waals surface area (Å²) in [5.41, 5.74) is -2.84. The molecule has 13 unspecified atom stereocenters. The molecule has 18 saturated carbocycles. The molecule has 2 N–H and O–H groups in total. The van der Waals surface area contributed by atoms with Crippen LogP contribution in [0.15, 0.2) is 0 Å². The first-order valence-electron chi connectivity index (χ1n) is 43.3. The molecule has 0 aromatic carbocycles. The van der Waals surface area contributed by atoms with Crippen LogP contribution in [0.1, 0.15) is 323 Å². The van der Waals surface area contributed by atoms with E-state index in [1.165, 1.54) is 103 Å². The molecule has 0 radical (unpaired) electrons. The number of carbonyl (C=O) groups is 8. The van der Waals surface area contributed by atoms with E-state index in [2.05, 4.69) is 32.4 Å². The number of hydrogen-bond acceptors (Lipinski definition) is 18. The molecular weight excluding hydrogens is 1360 g/mol. The van der Waals surface area contributed by atoms with Crippen LogP contribution in [0.5, 0.6) is 0 Å². The van der Waals surface area contributed by atoms with Gasteiger partial charge in [0.25, 0.3) is 0 Å². The summed E-state index contributed by atoms with van der Waals surface area (Å²) in [6.45, 7) is 32.8. The van der Waals surface area contributed by atoms with Crippen LogP contribution >= 0.6 is 0 Å². The zero-order chi connectivity index (χ0) is 78.1. The van der Waals surface area contributed by atoms with Gasteiger partial charge in [-0.05, 0) is 310 Å². The molecule has 0 aromatic heterocycles. The first-order chi connectivity index (χ1) is 50.4. The Hall–Kier alpha value is -4.32. The van der Waals surface area contributed by atoms with Crippen molar-refractivity contribution < 1.29 is 86.5 Å². The topological polar surface area (TPSA) is 251 Å². The molecular formula is C89H144O18. The first kappa shape index (κ1) is 85.1. The zero-order valence-electron chi connectivity index (χ0n) is 69.3. The van der Waals surface area contributed by atoms with Gasteiger partial charge in [0.15, 0.2) is 0 Å². The molecule has 2 saturated heterocycles. The van der Waals surface area contributed by atoms with Gasteiger partial charge < -0.3 is 48.1 Å². The zero-order valence-corrected chi connectivity index (χ0v) is 69.3. The molecule has 20 aliphatic rings. The minimum atomic E-state index is -0.687. The van der Waals surface area contributed by atoms with E-state index in [-0.39, 0.29) is 93.3 Å². The molecule has 18 aliphatic carbocycles. The van der Waals surface area contributed by atoms with Crippen molar-refractivity contribution in [3.8, 4) is 0 Å². The van der Waals surface area contributed by atoms with Gasteiger partial charge in [0.1, 0.15) is 22.4 Å². The highest BCUT2D eigenvalue weighted by molar-refractivity contribution is 5.83. The Morgan fingerprint density at radius 1 is 0.458 bits per heavy atom. The largest absolute Gasteiger partial charge is 0.469 e. The minimum Gasteiger partial charge on any atom is -0.469 e. The van der Waals surface area contributed by atoms with Gasteiger partial charge in [-0.1, -0.05) is 76.2 Å². The molecule has 2 aliphatic heterocycles. The predicted molar refractivity (Wildman–Crippen MR) is 407 cm³/mol. The lowest BCUT2D eigenvalue weighted by atomic mass is 9.49. The van der Waals surface area contributed by atoms with Crippen molar-refractivity contribution in [2.75, 3.05) is 20.3 Å². The van der Waals surface area contributed by atoms with E-state index in [0.717, 1.165) is 126 Å². The SMILES string of the molecule is CCC(C)(C)C(=O)OC.CCC(C)(C)C(=O)OC1CCOC1=O.CCC(C)C(=O)OC1(C)C2CC3CC(C2)CC1C3.CCC(C)C(=O)OC1(CC)C2CC3CC(C2)CC1C3.CCC(C)C(=O)OC12CC3CC(CC(O)(C3)C1)C2.CCC(C)C(=O)OC12CC3CC(CC(O)(C3)C1)C2.O=C1OCC2C3CCC(C3)C12. The highest BCUT2D eigenvalue weighted by atomic mass is 16.6. The number of fused-ring (bicyclic) bond motifs is 5. The highest BCUT2D eigenvalue weighted by Gasteiger charge is 2.63. The van der Waals surface area contributed by atoms with E-state index in [4.69, 9.17) is 33.2 Å². The second-order valence-electron chi connectivity index (χ2n) is 39.7. The van der Waals surface area contributed by atoms with Crippen molar-refractivity contribution in [3.63, 3.8) is 0 Å². The van der Waals surface area contributed by atoms with Gasteiger partial charge in [-0.2, -0.15) is 0 Å². The summed E-state index contributed by atoms with van der Waals surface area (Å²) in [4.78, 5) is 93.2. The standard InChI is InChI=1S/C17H28O2.C16H26O2.2C15H24O3.C10H16O4.C9H12O2.C7H14O2/c1-4-11(3)16(18)19-17(5-2)14-7-12-6-13(9-14)10-15(17)8-12;1-4-10(2)15(17)18-16(3)13-6-11-5-12(8-13)9-14(16)7-11;2*1-3-10(2)13(16)18-15-7-11-4-12(8-15)6-14(17,5-11)9-15;1-4-10(2,3)9(12)14-7-5-6-13-8(7)11;10-9-8-6-2-1-5(3-6)7(8)4-11-9;1-5-7(2,3)6(8)9-4/h11-15H,4-10H2,1-3H3;10-14H,4-9H2,1-3H3;2*10-12,17H,3-9H2,1-2H3;7H,4-6H2,1-3H3;5-8H,1-4H2;5H2,1-4H3. The van der Waals surface area contributed by atoms with E-state index in [0.29, 0.717) is 97.4 Å². The number of rotatable bonds is 18. The van der Waals surface area contributed by atoms with Crippen LogP contribution in [0, 0.1) is 129 Å². The molecule has 20 fully saturated rings. The van der Waals surface area contributed by atoms with Gasteiger partial charge in [0.05, 0.1) is 71.9 Å². The normalized spacial score (nSPS) is 41.0. The van der Waals surface area contributed by atoms with Crippen LogP contribution in [0.4, 0.5) is 0 Å². The summed E-state index contributed by atoms with van der Waals surface area (Å²) in [5, 5.41) is 21.2. The van der Waals surface area contributed by atoms with E-state index < -0.39 is 28.7 Å². The van der Waals surface area contributed by atoms with Crippen molar-refractivity contribution in [1.29, 1.82) is 0 Å². The van der Waals surface area contributed by atoms with Crippen LogP contribution in [0.2, 0.25) is 0 Å². The van der Waals surface area contributed by atoms with Gasteiger partial charge >= 0.3 is 47.8 Å². The Bertz CT molecular complexity index is 2950. The van der Waals surface area contributed by atoms with Crippen LogP contribution in [0.25, 0.3) is 0 Å². The number of cyclic esters (lactones) is 2. The number of carbonyl (C=O) groups excluding carboxylic acids is 8. The average Bonchev–Trinajstić information content (AvgIpc) is 1.71. The second-order valence-corrected chi connectivity index (χ2v) is 39.7. The van der Waals surface area contributed by atoms with Crippen LogP contribution in [-0.4, -0.2) is 118 Å². The van der Waals surface area contributed by atoms with Crippen molar-refractivity contribution in [2.45, 2.75) is 362 Å². The fourth-order valence-corrected chi connectivity index (χ4v) is 24.2. The Morgan fingerprint density at radius 2 is 0.832 bits per heavy atom. The fourth-order valence-electron chi connectivity index (χ4n) is 24.2. The Morgan fingerprint density at radius 3 is 1.18 bits per heavy atom. The van der Waals surface area contributed by atoms with Gasteiger partial charge in [-0.15, -0.1) is 0 Å². The Kier molecular flexibility index (Phi) is 27.2. The predicted octanol–water partition coefficient (Wildman–Crippen LogP) is 17.4. The quantitative estimate of drug-likeness (QED) is 0.0955. The molecule has 107 heavy (non-hydrogen) atoms.